The summed E-state index contributed by atoms with van der Waals surface area (Å²) in [4.78, 5) is 10.7. The van der Waals surface area contributed by atoms with Gasteiger partial charge in [-0.3, -0.25) is 0 Å². The predicted molar refractivity (Wildman–Crippen MR) is 39.8 cm³/mol. The third-order valence-corrected chi connectivity index (χ3v) is 1.60. The van der Waals surface area contributed by atoms with Crippen molar-refractivity contribution in [1.29, 1.82) is 0 Å². The minimum absolute atomic E-state index is 0.319. The van der Waals surface area contributed by atoms with Crippen LogP contribution in [-0.2, 0) is 4.57 Å². The van der Waals surface area contributed by atoms with Crippen LogP contribution in [0.25, 0.3) is 0 Å². The highest BCUT2D eigenvalue weighted by Crippen LogP contribution is 2.07. The average Bonchev–Trinajstić information content (AvgIpc) is 2.05. The van der Waals surface area contributed by atoms with Crippen molar-refractivity contribution in [2.24, 2.45) is 0 Å². The first-order valence-corrected chi connectivity index (χ1v) is 3.73. The predicted octanol–water partition coefficient (Wildman–Crippen LogP) is 1.85. The minimum atomic E-state index is -0.880. The van der Waals surface area contributed by atoms with Gasteiger partial charge in [-0.2, -0.15) is 0 Å². The molecule has 2 nitrogen and oxygen atoms in total. The van der Waals surface area contributed by atoms with Crippen LogP contribution in [0.15, 0.2) is 30.3 Å². The van der Waals surface area contributed by atoms with Gasteiger partial charge in [-0.25, -0.2) is 4.79 Å². The van der Waals surface area contributed by atoms with E-state index in [4.69, 9.17) is 0 Å². The molecule has 0 aliphatic heterocycles. The molecule has 10 heavy (non-hydrogen) atoms. The van der Waals surface area contributed by atoms with Gasteiger partial charge in [-0.1, -0.05) is 22.8 Å². The smallest absolute Gasteiger partial charge is 0.234 e. The van der Waals surface area contributed by atoms with Gasteiger partial charge < -0.3 is 0 Å². The standard InChI is InChI=1S/C7H5O2P/c8-7(10-9)6-4-2-1-3-5-6/h1-5H/p+1. The molecule has 1 rings (SSSR count). The first-order valence-electron chi connectivity index (χ1n) is 2.82. The second-order valence-corrected chi connectivity index (χ2v) is 2.46. The van der Waals surface area contributed by atoms with Crippen molar-refractivity contribution >= 4 is 14.0 Å². The SMILES string of the molecule is O=[PH+]C(=O)c1ccccc1. The molecule has 1 unspecified atom stereocenters. The lowest BCUT2D eigenvalue weighted by atomic mass is 10.2. The van der Waals surface area contributed by atoms with Crippen LogP contribution in [0.5, 0.6) is 0 Å². The van der Waals surface area contributed by atoms with Gasteiger partial charge in [-0.15, -0.1) is 0 Å². The van der Waals surface area contributed by atoms with E-state index in [2.05, 4.69) is 0 Å². The van der Waals surface area contributed by atoms with E-state index in [1.54, 1.807) is 24.3 Å². The third-order valence-electron chi connectivity index (χ3n) is 1.13. The van der Waals surface area contributed by atoms with Crippen molar-refractivity contribution < 1.29 is 9.36 Å². The Kier molecular flexibility index (Phi) is 2.30. The zero-order valence-corrected chi connectivity index (χ0v) is 6.20. The van der Waals surface area contributed by atoms with Gasteiger partial charge in [0.05, 0.1) is 5.56 Å². The molecule has 0 saturated heterocycles. The van der Waals surface area contributed by atoms with E-state index < -0.39 is 8.46 Å². The number of rotatable bonds is 2. The maximum absolute atomic E-state index is 10.7. The molecule has 0 bridgehead atoms. The van der Waals surface area contributed by atoms with Gasteiger partial charge in [0.25, 0.3) is 0 Å². The number of hydrogen-bond donors (Lipinski definition) is 0. The summed E-state index contributed by atoms with van der Waals surface area (Å²) in [5, 5.41) is 0. The van der Waals surface area contributed by atoms with Crippen LogP contribution in [0.4, 0.5) is 0 Å². The highest BCUT2D eigenvalue weighted by atomic mass is 31.1. The fourth-order valence-corrected chi connectivity index (χ4v) is 0.933. The van der Waals surface area contributed by atoms with E-state index in [0.717, 1.165) is 0 Å². The lowest BCUT2D eigenvalue weighted by Crippen LogP contribution is -1.85. The molecular formula is C7H6O2P+. The molecule has 1 aromatic rings. The van der Waals surface area contributed by atoms with Gasteiger partial charge in [0, 0.05) is 0 Å². The summed E-state index contributed by atoms with van der Waals surface area (Å²) in [5.41, 5.74) is 0.191. The molecule has 0 N–H and O–H groups in total. The van der Waals surface area contributed by atoms with Crippen molar-refractivity contribution in [3.05, 3.63) is 35.9 Å². The molecule has 0 aliphatic carbocycles. The summed E-state index contributed by atoms with van der Waals surface area (Å²) < 4.78 is 10.1. The Morgan fingerprint density at radius 1 is 1.20 bits per heavy atom. The lowest BCUT2D eigenvalue weighted by molar-refractivity contribution is 0.108. The van der Waals surface area contributed by atoms with Crippen LogP contribution in [-0.4, -0.2) is 5.52 Å². The molecular weight excluding hydrogens is 147 g/mol. The van der Waals surface area contributed by atoms with Gasteiger partial charge in [0.1, 0.15) is 0 Å². The Bertz CT molecular complexity index is 243. The quantitative estimate of drug-likeness (QED) is 0.607. The van der Waals surface area contributed by atoms with E-state index in [1.165, 1.54) is 0 Å². The highest BCUT2D eigenvalue weighted by molar-refractivity contribution is 7.47. The van der Waals surface area contributed by atoms with Crippen LogP contribution >= 0.6 is 8.46 Å². The van der Waals surface area contributed by atoms with Crippen LogP contribution < -0.4 is 0 Å². The second kappa shape index (κ2) is 3.23. The zero-order chi connectivity index (χ0) is 7.40. The minimum Gasteiger partial charge on any atom is -0.234 e. The summed E-state index contributed by atoms with van der Waals surface area (Å²) in [6.07, 6.45) is 0. The molecule has 0 aliphatic rings. The Balaban J connectivity index is 2.95. The van der Waals surface area contributed by atoms with Gasteiger partial charge in [0.2, 0.25) is 0 Å². The Labute approximate surface area is 60.1 Å². The lowest BCUT2D eigenvalue weighted by Gasteiger charge is -1.83. The van der Waals surface area contributed by atoms with Crippen molar-refractivity contribution in [1.82, 2.24) is 0 Å². The monoisotopic (exact) mass is 153 g/mol. The third kappa shape index (κ3) is 1.49. The summed E-state index contributed by atoms with van der Waals surface area (Å²) >= 11 is 0. The van der Waals surface area contributed by atoms with Crippen LogP contribution in [0.1, 0.15) is 10.4 Å². The normalized spacial score (nSPS) is 9.60. The Morgan fingerprint density at radius 2 is 1.80 bits per heavy atom. The van der Waals surface area contributed by atoms with Gasteiger partial charge in [-0.05, 0) is 12.1 Å². The molecule has 0 radical (unpaired) electrons. The fraction of sp³-hybridized carbons (Fsp3) is 0. The van der Waals surface area contributed by atoms with E-state index in [-0.39, 0.29) is 5.52 Å². The number of benzene rings is 1. The molecule has 1 atom stereocenters. The van der Waals surface area contributed by atoms with Crippen molar-refractivity contribution in [2.45, 2.75) is 0 Å². The van der Waals surface area contributed by atoms with Crippen LogP contribution in [0.3, 0.4) is 0 Å². The molecule has 0 aromatic heterocycles. The zero-order valence-electron chi connectivity index (χ0n) is 5.20. The fourth-order valence-electron chi connectivity index (χ4n) is 0.648. The van der Waals surface area contributed by atoms with Gasteiger partial charge in [0.15, 0.2) is 0 Å². The summed E-state index contributed by atoms with van der Waals surface area (Å²) in [6, 6.07) is 8.59. The largest absolute Gasteiger partial charge is 0.406 e. The van der Waals surface area contributed by atoms with Crippen molar-refractivity contribution in [3.8, 4) is 0 Å². The molecule has 50 valence electrons. The van der Waals surface area contributed by atoms with E-state index in [1.807, 2.05) is 6.07 Å². The molecule has 0 heterocycles. The van der Waals surface area contributed by atoms with E-state index >= 15 is 0 Å². The summed E-state index contributed by atoms with van der Waals surface area (Å²) in [5.74, 6) is 0. The topological polar surface area (TPSA) is 34.1 Å². The number of carbonyl (C=O) groups excluding carboxylic acids is 1. The molecule has 0 amide bonds. The molecule has 0 saturated carbocycles. The average molecular weight is 153 g/mol. The van der Waals surface area contributed by atoms with Gasteiger partial charge >= 0.3 is 14.0 Å². The summed E-state index contributed by atoms with van der Waals surface area (Å²) in [7, 11) is -0.880. The molecule has 0 spiro atoms. The van der Waals surface area contributed by atoms with Crippen molar-refractivity contribution in [2.75, 3.05) is 0 Å². The van der Waals surface area contributed by atoms with E-state index in [9.17, 15) is 9.36 Å². The van der Waals surface area contributed by atoms with Crippen molar-refractivity contribution in [3.63, 3.8) is 0 Å². The molecule has 0 fully saturated rings. The van der Waals surface area contributed by atoms with E-state index in [0.29, 0.717) is 5.56 Å². The highest BCUT2D eigenvalue weighted by Gasteiger charge is 2.10. The number of hydrogen-bond acceptors (Lipinski definition) is 2. The second-order valence-electron chi connectivity index (χ2n) is 1.80. The first-order chi connectivity index (χ1) is 4.84. The molecule has 1 aromatic carbocycles. The van der Waals surface area contributed by atoms with Crippen LogP contribution in [0, 0.1) is 0 Å². The maximum Gasteiger partial charge on any atom is 0.406 e. The number of carbonyl (C=O) groups is 1. The maximum atomic E-state index is 10.7. The summed E-state index contributed by atoms with van der Waals surface area (Å²) in [6.45, 7) is 0. The van der Waals surface area contributed by atoms with Crippen LogP contribution in [0.2, 0.25) is 0 Å². The molecule has 3 heteroatoms. The Morgan fingerprint density at radius 3 is 2.30 bits per heavy atom. The Hall–Kier alpha value is -1.01. The first kappa shape index (κ1) is 7.10.